The Bertz CT molecular complexity index is 522. The molecule has 0 aliphatic heterocycles. The summed E-state index contributed by atoms with van der Waals surface area (Å²) in [5, 5.41) is 0. The highest BCUT2D eigenvalue weighted by atomic mass is 16.1. The van der Waals surface area contributed by atoms with Gasteiger partial charge < -0.3 is 0 Å². The molecule has 1 heteroatoms. The smallest absolute Gasteiger partial charge is 0.165 e. The van der Waals surface area contributed by atoms with E-state index in [2.05, 4.69) is 25.2 Å². The zero-order chi connectivity index (χ0) is 13.0. The van der Waals surface area contributed by atoms with E-state index < -0.39 is 0 Å². The molecule has 1 saturated carbocycles. The van der Waals surface area contributed by atoms with E-state index >= 15 is 0 Å². The average Bonchev–Trinajstić information content (AvgIpc) is 2.75. The maximum Gasteiger partial charge on any atom is 0.165 e. The summed E-state index contributed by atoms with van der Waals surface area (Å²) in [4.78, 5) is 12.1. The molecular weight excluding hydrogens is 232 g/mol. The molecule has 1 unspecified atom stereocenters. The predicted octanol–water partition coefficient (Wildman–Crippen LogP) is 4.21. The fourth-order valence-electron chi connectivity index (χ4n) is 4.94. The Morgan fingerprint density at radius 1 is 1.11 bits per heavy atom. The molecule has 0 radical (unpaired) electrons. The minimum Gasteiger partial charge on any atom is -0.294 e. The van der Waals surface area contributed by atoms with Gasteiger partial charge in [0.25, 0.3) is 0 Å². The second-order valence-corrected chi connectivity index (χ2v) is 7.02. The number of hydrogen-bond acceptors (Lipinski definition) is 1. The molecular formula is C18H22O. The van der Waals surface area contributed by atoms with Crippen LogP contribution in [0.5, 0.6) is 0 Å². The lowest BCUT2D eigenvalue weighted by Gasteiger charge is -2.45. The van der Waals surface area contributed by atoms with Gasteiger partial charge >= 0.3 is 0 Å². The van der Waals surface area contributed by atoms with Gasteiger partial charge in [-0.3, -0.25) is 4.79 Å². The van der Waals surface area contributed by atoms with Crippen molar-refractivity contribution in [1.29, 1.82) is 0 Å². The fourth-order valence-corrected chi connectivity index (χ4v) is 4.94. The Kier molecular flexibility index (Phi) is 2.43. The number of carbonyl (C=O) groups is 1. The maximum atomic E-state index is 12.1. The van der Waals surface area contributed by atoms with E-state index in [4.69, 9.17) is 0 Å². The molecule has 0 aromatic carbocycles. The van der Waals surface area contributed by atoms with Crippen molar-refractivity contribution < 1.29 is 4.79 Å². The van der Waals surface area contributed by atoms with Crippen LogP contribution in [-0.4, -0.2) is 5.78 Å². The average molecular weight is 254 g/mol. The lowest BCUT2D eigenvalue weighted by Crippen LogP contribution is -2.37. The van der Waals surface area contributed by atoms with Crippen molar-refractivity contribution in [2.75, 3.05) is 0 Å². The molecule has 4 rings (SSSR count). The van der Waals surface area contributed by atoms with Gasteiger partial charge in [-0.1, -0.05) is 31.1 Å². The van der Waals surface area contributed by atoms with Gasteiger partial charge in [0.05, 0.1) is 5.41 Å². The minimum absolute atomic E-state index is 0.197. The summed E-state index contributed by atoms with van der Waals surface area (Å²) >= 11 is 0. The second kappa shape index (κ2) is 3.94. The maximum absolute atomic E-state index is 12.1. The highest BCUT2D eigenvalue weighted by Gasteiger charge is 2.47. The Hall–Kier alpha value is -1.11. The molecule has 0 saturated heterocycles. The van der Waals surface area contributed by atoms with Crippen LogP contribution in [0.25, 0.3) is 0 Å². The lowest BCUT2D eigenvalue weighted by atomic mass is 9.59. The number of ketones is 1. The molecule has 4 aliphatic carbocycles. The standard InChI is InChI=1S/C18H22O/c1-18-11-10-14-13-5-3-2-4-12(13)6-7-15(14)16(18)8-9-17(18)19/h6-9,12-14H,2-5,10-11H2,1H3/t12?,13-,14+,18+/m0/s1. The van der Waals surface area contributed by atoms with Crippen molar-refractivity contribution in [3.05, 3.63) is 35.5 Å². The molecule has 100 valence electrons. The zero-order valence-corrected chi connectivity index (χ0v) is 11.7. The largest absolute Gasteiger partial charge is 0.294 e. The van der Waals surface area contributed by atoms with Gasteiger partial charge in [-0.05, 0) is 67.6 Å². The van der Waals surface area contributed by atoms with E-state index in [0.29, 0.717) is 5.78 Å². The third-order valence-electron chi connectivity index (χ3n) is 6.12. The first-order chi connectivity index (χ1) is 9.20. The summed E-state index contributed by atoms with van der Waals surface area (Å²) in [5.74, 6) is 2.73. The van der Waals surface area contributed by atoms with E-state index in [-0.39, 0.29) is 5.41 Å². The molecule has 0 heterocycles. The number of fused-ring (bicyclic) bond motifs is 4. The summed E-state index contributed by atoms with van der Waals surface area (Å²) in [6, 6.07) is 0. The van der Waals surface area contributed by atoms with Gasteiger partial charge in [0.15, 0.2) is 5.78 Å². The van der Waals surface area contributed by atoms with Crippen molar-refractivity contribution in [3.63, 3.8) is 0 Å². The van der Waals surface area contributed by atoms with Crippen LogP contribution in [0.1, 0.15) is 45.4 Å². The van der Waals surface area contributed by atoms with E-state index in [1.165, 1.54) is 43.3 Å². The fraction of sp³-hybridized carbons (Fsp3) is 0.611. The van der Waals surface area contributed by atoms with Gasteiger partial charge in [0.2, 0.25) is 0 Å². The molecule has 0 amide bonds. The predicted molar refractivity (Wildman–Crippen MR) is 76.6 cm³/mol. The van der Waals surface area contributed by atoms with Crippen LogP contribution in [-0.2, 0) is 4.79 Å². The van der Waals surface area contributed by atoms with Crippen LogP contribution in [0.15, 0.2) is 35.5 Å². The molecule has 0 aromatic rings. The Balaban J connectivity index is 1.81. The summed E-state index contributed by atoms with van der Waals surface area (Å²) in [5.41, 5.74) is 2.64. The van der Waals surface area contributed by atoms with E-state index in [1.807, 2.05) is 6.08 Å². The van der Waals surface area contributed by atoms with Crippen molar-refractivity contribution in [2.45, 2.75) is 45.4 Å². The number of carbonyl (C=O) groups excluding carboxylic acids is 1. The minimum atomic E-state index is -0.197. The highest BCUT2D eigenvalue weighted by molar-refractivity contribution is 6.01. The van der Waals surface area contributed by atoms with Crippen LogP contribution in [0, 0.1) is 23.2 Å². The Morgan fingerprint density at radius 3 is 2.84 bits per heavy atom. The third kappa shape index (κ3) is 1.50. The van der Waals surface area contributed by atoms with Crippen LogP contribution >= 0.6 is 0 Å². The number of rotatable bonds is 0. The third-order valence-corrected chi connectivity index (χ3v) is 6.12. The summed E-state index contributed by atoms with van der Waals surface area (Å²) in [7, 11) is 0. The van der Waals surface area contributed by atoms with Crippen LogP contribution in [0.2, 0.25) is 0 Å². The van der Waals surface area contributed by atoms with Gasteiger partial charge in [0.1, 0.15) is 0 Å². The first kappa shape index (κ1) is 11.7. The van der Waals surface area contributed by atoms with Crippen LogP contribution in [0.3, 0.4) is 0 Å². The first-order valence-electron chi connectivity index (χ1n) is 7.85. The molecule has 19 heavy (non-hydrogen) atoms. The van der Waals surface area contributed by atoms with Crippen molar-refractivity contribution in [3.8, 4) is 0 Å². The van der Waals surface area contributed by atoms with Gasteiger partial charge in [-0.2, -0.15) is 0 Å². The van der Waals surface area contributed by atoms with E-state index in [9.17, 15) is 4.79 Å². The van der Waals surface area contributed by atoms with Gasteiger partial charge in [-0.15, -0.1) is 0 Å². The van der Waals surface area contributed by atoms with Gasteiger partial charge in [-0.25, -0.2) is 0 Å². The molecule has 0 bridgehead atoms. The molecule has 1 nitrogen and oxygen atoms in total. The monoisotopic (exact) mass is 254 g/mol. The molecule has 0 spiro atoms. The molecule has 4 atom stereocenters. The normalized spacial score (nSPS) is 44.1. The van der Waals surface area contributed by atoms with Crippen molar-refractivity contribution >= 4 is 5.78 Å². The topological polar surface area (TPSA) is 17.1 Å². The Labute approximate surface area is 115 Å². The first-order valence-corrected chi connectivity index (χ1v) is 7.85. The quantitative estimate of drug-likeness (QED) is 0.632. The van der Waals surface area contributed by atoms with E-state index in [0.717, 1.165) is 24.2 Å². The van der Waals surface area contributed by atoms with Crippen LogP contribution < -0.4 is 0 Å². The van der Waals surface area contributed by atoms with Crippen LogP contribution in [0.4, 0.5) is 0 Å². The molecule has 0 N–H and O–H groups in total. The van der Waals surface area contributed by atoms with Crippen molar-refractivity contribution in [1.82, 2.24) is 0 Å². The van der Waals surface area contributed by atoms with E-state index in [1.54, 1.807) is 0 Å². The second-order valence-electron chi connectivity index (χ2n) is 7.02. The summed E-state index contributed by atoms with van der Waals surface area (Å²) < 4.78 is 0. The Morgan fingerprint density at radius 2 is 1.95 bits per heavy atom. The van der Waals surface area contributed by atoms with Gasteiger partial charge in [0, 0.05) is 0 Å². The number of allylic oxidation sites excluding steroid dienone is 6. The summed E-state index contributed by atoms with van der Waals surface area (Å²) in [6.45, 7) is 2.15. The molecule has 0 aromatic heterocycles. The summed E-state index contributed by atoms with van der Waals surface area (Å²) in [6.07, 6.45) is 16.6. The lowest BCUT2D eigenvalue weighted by molar-refractivity contribution is -0.121. The SMILES string of the molecule is C[C@@]12CC[C@H]3C(=C1C=CC2=O)C=CC1CCCC[C@@H]13. The van der Waals surface area contributed by atoms with Crippen molar-refractivity contribution in [2.24, 2.45) is 23.2 Å². The molecule has 4 aliphatic rings. The molecule has 1 fully saturated rings. The highest BCUT2D eigenvalue weighted by Crippen LogP contribution is 2.54. The number of hydrogen-bond donors (Lipinski definition) is 0. The zero-order valence-electron chi connectivity index (χ0n) is 11.7.